The maximum absolute atomic E-state index is 12.7. The van der Waals surface area contributed by atoms with Crippen molar-refractivity contribution in [2.45, 2.75) is 6.92 Å². The molecule has 23 heavy (non-hydrogen) atoms. The number of benzene rings is 1. The Kier molecular flexibility index (Phi) is 5.36. The minimum absolute atomic E-state index is 0.0129. The monoisotopic (exact) mass is 356 g/mol. The Morgan fingerprint density at radius 2 is 2.09 bits per heavy atom. The summed E-state index contributed by atoms with van der Waals surface area (Å²) >= 11 is 5.75. The third-order valence-corrected chi connectivity index (χ3v) is 5.88. The van der Waals surface area contributed by atoms with E-state index < -0.39 is 12.3 Å². The lowest BCUT2D eigenvalue weighted by Crippen LogP contribution is -2.13. The van der Waals surface area contributed by atoms with Gasteiger partial charge in [-0.3, -0.25) is 14.7 Å². The highest BCUT2D eigenvalue weighted by Crippen LogP contribution is 2.47. The van der Waals surface area contributed by atoms with Gasteiger partial charge in [0.25, 0.3) is 5.69 Å². The summed E-state index contributed by atoms with van der Waals surface area (Å²) in [5.41, 5.74) is -0.270. The van der Waals surface area contributed by atoms with E-state index in [1.807, 2.05) is 0 Å². The zero-order chi connectivity index (χ0) is 17.0. The summed E-state index contributed by atoms with van der Waals surface area (Å²) in [4.78, 5) is 14.5. The number of hydrogen-bond acceptors (Lipinski definition) is 6. The molecule has 0 saturated heterocycles. The number of nitro benzene ring substituents is 1. The highest BCUT2D eigenvalue weighted by atomic mass is 35.5. The quantitative estimate of drug-likeness (QED) is 0.441. The van der Waals surface area contributed by atoms with Gasteiger partial charge in [0.05, 0.1) is 9.95 Å². The van der Waals surface area contributed by atoms with E-state index in [4.69, 9.17) is 20.9 Å². The van der Waals surface area contributed by atoms with Gasteiger partial charge in [-0.1, -0.05) is 18.5 Å². The van der Waals surface area contributed by atoms with Crippen molar-refractivity contribution in [3.63, 3.8) is 0 Å². The summed E-state index contributed by atoms with van der Waals surface area (Å²) in [6.07, 6.45) is 1.54. The number of nitrogens with zero attached hydrogens (tertiary/aromatic N) is 2. The summed E-state index contributed by atoms with van der Waals surface area (Å²) < 4.78 is 23.3. The van der Waals surface area contributed by atoms with E-state index in [0.29, 0.717) is 5.02 Å². The van der Waals surface area contributed by atoms with Gasteiger partial charge in [0.2, 0.25) is 13.2 Å². The first kappa shape index (κ1) is 17.4. The molecule has 0 radical (unpaired) electrons. The molecular weight excluding hydrogens is 343 g/mol. The lowest BCUT2D eigenvalue weighted by molar-refractivity contribution is -0.383. The van der Waals surface area contributed by atoms with Crippen molar-refractivity contribution in [2.24, 2.45) is 0 Å². The smallest absolute Gasteiger partial charge is 0.282 e. The largest absolute Gasteiger partial charge is 0.439 e. The van der Waals surface area contributed by atoms with Gasteiger partial charge in [0, 0.05) is 37.7 Å². The number of ether oxygens (including phenoxy) is 1. The van der Waals surface area contributed by atoms with Crippen LogP contribution < -0.4 is 10.0 Å². The molecule has 2 rings (SSSR count). The van der Waals surface area contributed by atoms with Crippen LogP contribution >= 0.6 is 19.0 Å². The third-order valence-electron chi connectivity index (χ3n) is 3.14. The van der Waals surface area contributed by atoms with Crippen molar-refractivity contribution in [3.8, 4) is 11.6 Å². The number of pyridine rings is 1. The average Bonchev–Trinajstić information content (AvgIpc) is 2.56. The highest BCUT2D eigenvalue weighted by molar-refractivity contribution is 7.67. The number of halogens is 1. The lowest BCUT2D eigenvalue weighted by Gasteiger charge is -2.15. The molecule has 122 valence electrons. The standard InChI is InChI=1S/C14H14ClN2O5P/c1-3-23(20,21-2)13-8-11(5-6-12(13)17(18)19)22-14-7-4-10(15)9-16-14/h4-9H,3H2,1-2H3. The van der Waals surface area contributed by atoms with E-state index in [2.05, 4.69) is 4.98 Å². The molecule has 0 spiro atoms. The fourth-order valence-corrected chi connectivity index (χ4v) is 3.67. The van der Waals surface area contributed by atoms with E-state index in [1.54, 1.807) is 19.1 Å². The van der Waals surface area contributed by atoms with Crippen LogP contribution in [0, 0.1) is 10.1 Å². The number of aromatic nitrogens is 1. The van der Waals surface area contributed by atoms with Gasteiger partial charge in [0.15, 0.2) is 0 Å². The number of hydrogen-bond donors (Lipinski definition) is 0. The molecule has 7 nitrogen and oxygen atoms in total. The first-order chi connectivity index (χ1) is 10.9. The van der Waals surface area contributed by atoms with Crippen LogP contribution in [-0.2, 0) is 9.09 Å². The van der Waals surface area contributed by atoms with E-state index in [9.17, 15) is 14.7 Å². The first-order valence-electron chi connectivity index (χ1n) is 6.63. The van der Waals surface area contributed by atoms with Gasteiger partial charge in [-0.25, -0.2) is 4.98 Å². The van der Waals surface area contributed by atoms with Crippen molar-refractivity contribution in [1.29, 1.82) is 0 Å². The molecule has 1 aromatic carbocycles. The van der Waals surface area contributed by atoms with Crippen LogP contribution in [-0.4, -0.2) is 23.2 Å². The Labute approximate surface area is 137 Å². The van der Waals surface area contributed by atoms with Gasteiger partial charge in [-0.05, 0) is 12.1 Å². The minimum atomic E-state index is -3.33. The van der Waals surface area contributed by atoms with Crippen molar-refractivity contribution in [2.75, 3.05) is 13.3 Å². The van der Waals surface area contributed by atoms with Crippen LogP contribution in [0.5, 0.6) is 11.6 Å². The van der Waals surface area contributed by atoms with Crippen LogP contribution in [0.4, 0.5) is 5.69 Å². The maximum atomic E-state index is 12.7. The fourth-order valence-electron chi connectivity index (χ4n) is 1.94. The van der Waals surface area contributed by atoms with Crippen LogP contribution in [0.25, 0.3) is 0 Å². The van der Waals surface area contributed by atoms with Gasteiger partial charge in [0.1, 0.15) is 11.1 Å². The Morgan fingerprint density at radius 3 is 2.61 bits per heavy atom. The van der Waals surface area contributed by atoms with Crippen LogP contribution in [0.3, 0.4) is 0 Å². The second-order valence-electron chi connectivity index (χ2n) is 4.50. The Hall–Kier alpha value is -1.95. The van der Waals surface area contributed by atoms with Crippen LogP contribution in [0.1, 0.15) is 6.92 Å². The SMILES string of the molecule is CCP(=O)(OC)c1cc(Oc2ccc(Cl)cn2)ccc1[N+](=O)[O-]. The van der Waals surface area contributed by atoms with E-state index in [-0.39, 0.29) is 28.8 Å². The molecule has 1 atom stereocenters. The topological polar surface area (TPSA) is 91.6 Å². The minimum Gasteiger partial charge on any atom is -0.439 e. The van der Waals surface area contributed by atoms with Gasteiger partial charge < -0.3 is 9.26 Å². The zero-order valence-corrected chi connectivity index (χ0v) is 14.1. The fraction of sp³-hybridized carbons (Fsp3) is 0.214. The Morgan fingerprint density at radius 1 is 1.35 bits per heavy atom. The first-order valence-corrected chi connectivity index (χ1v) is 8.81. The Balaban J connectivity index is 2.45. The normalized spacial score (nSPS) is 13.3. The summed E-state index contributed by atoms with van der Waals surface area (Å²) in [6.45, 7) is 1.64. The Bertz CT molecular complexity index is 758. The summed E-state index contributed by atoms with van der Waals surface area (Å²) in [5.74, 6) is 0.532. The molecule has 0 amide bonds. The molecule has 1 aromatic heterocycles. The summed E-state index contributed by atoms with van der Waals surface area (Å²) in [7, 11) is -2.06. The molecule has 0 fully saturated rings. The van der Waals surface area contributed by atoms with E-state index >= 15 is 0 Å². The van der Waals surface area contributed by atoms with Crippen molar-refractivity contribution < 1.29 is 18.7 Å². The zero-order valence-electron chi connectivity index (χ0n) is 12.4. The molecule has 1 unspecified atom stereocenters. The molecule has 0 aliphatic carbocycles. The highest BCUT2D eigenvalue weighted by Gasteiger charge is 2.31. The molecule has 2 aromatic rings. The second-order valence-corrected chi connectivity index (χ2v) is 7.76. The molecule has 1 heterocycles. The molecule has 0 aliphatic rings. The molecule has 0 aliphatic heterocycles. The molecule has 0 bridgehead atoms. The van der Waals surface area contributed by atoms with E-state index in [0.717, 1.165) is 0 Å². The lowest BCUT2D eigenvalue weighted by atomic mass is 10.3. The van der Waals surface area contributed by atoms with Crippen molar-refractivity contribution in [1.82, 2.24) is 4.98 Å². The average molecular weight is 357 g/mol. The van der Waals surface area contributed by atoms with Crippen LogP contribution in [0.15, 0.2) is 36.5 Å². The maximum Gasteiger partial charge on any atom is 0.282 e. The molecule has 0 N–H and O–H groups in total. The number of rotatable bonds is 6. The van der Waals surface area contributed by atoms with Crippen molar-refractivity contribution >= 4 is 30.0 Å². The predicted octanol–water partition coefficient (Wildman–Crippen LogP) is 4.01. The number of nitro groups is 1. The second kappa shape index (κ2) is 7.08. The third kappa shape index (κ3) is 3.88. The summed E-state index contributed by atoms with van der Waals surface area (Å²) in [6, 6.07) is 7.15. The molecular formula is C14H14ClN2O5P. The molecule has 0 saturated carbocycles. The molecule has 9 heteroatoms. The van der Waals surface area contributed by atoms with Gasteiger partial charge in [-0.15, -0.1) is 0 Å². The van der Waals surface area contributed by atoms with Gasteiger partial charge >= 0.3 is 0 Å². The van der Waals surface area contributed by atoms with E-state index in [1.165, 1.54) is 31.5 Å². The summed E-state index contributed by atoms with van der Waals surface area (Å²) in [5, 5.41) is 11.6. The van der Waals surface area contributed by atoms with Gasteiger partial charge in [-0.2, -0.15) is 0 Å². The van der Waals surface area contributed by atoms with Crippen molar-refractivity contribution in [3.05, 3.63) is 51.7 Å². The predicted molar refractivity (Wildman–Crippen MR) is 87.2 cm³/mol. The van der Waals surface area contributed by atoms with Crippen LogP contribution in [0.2, 0.25) is 5.02 Å².